The number of nitrogens with zero attached hydrogens (tertiary/aromatic N) is 1. The molecule has 4 heteroatoms. The van der Waals surface area contributed by atoms with Crippen molar-refractivity contribution in [3.8, 4) is 0 Å². The second-order valence-corrected chi connectivity index (χ2v) is 7.20. The summed E-state index contributed by atoms with van der Waals surface area (Å²) in [6.07, 6.45) is 1.72. The fourth-order valence-electron chi connectivity index (χ4n) is 2.73. The number of anilines is 1. The fraction of sp³-hybridized carbons (Fsp3) is 0.556. The van der Waals surface area contributed by atoms with E-state index < -0.39 is 5.41 Å². The predicted octanol–water partition coefficient (Wildman–Crippen LogP) is 3.22. The van der Waals surface area contributed by atoms with Gasteiger partial charge in [-0.1, -0.05) is 38.5 Å². The zero-order valence-corrected chi connectivity index (χ0v) is 14.0. The van der Waals surface area contributed by atoms with Gasteiger partial charge in [-0.05, 0) is 31.9 Å². The molecule has 0 aromatic heterocycles. The van der Waals surface area contributed by atoms with Gasteiger partial charge in [-0.3, -0.25) is 9.59 Å². The van der Waals surface area contributed by atoms with Crippen LogP contribution in [0.5, 0.6) is 0 Å². The minimum absolute atomic E-state index is 0.00950. The highest BCUT2D eigenvalue weighted by Crippen LogP contribution is 2.24. The Kier molecular flexibility index (Phi) is 4.89. The Hall–Kier alpha value is -1.84. The lowest BCUT2D eigenvalue weighted by Crippen LogP contribution is -2.47. The van der Waals surface area contributed by atoms with Gasteiger partial charge in [0, 0.05) is 24.2 Å². The number of amides is 2. The quantitative estimate of drug-likeness (QED) is 0.912. The second kappa shape index (κ2) is 6.51. The van der Waals surface area contributed by atoms with Crippen LogP contribution in [0.1, 0.15) is 39.2 Å². The van der Waals surface area contributed by atoms with Crippen molar-refractivity contribution in [3.05, 3.63) is 29.8 Å². The number of carbonyl (C=O) groups excluding carboxylic acids is 2. The van der Waals surface area contributed by atoms with E-state index in [0.717, 1.165) is 30.6 Å². The summed E-state index contributed by atoms with van der Waals surface area (Å²) in [5.74, 6) is 0.0111. The average Bonchev–Trinajstić information content (AvgIpc) is 2.48. The Morgan fingerprint density at radius 3 is 2.41 bits per heavy atom. The van der Waals surface area contributed by atoms with Crippen LogP contribution in [0.25, 0.3) is 0 Å². The molecular formula is C18H26N2O2. The lowest BCUT2D eigenvalue weighted by molar-refractivity contribution is -0.142. The van der Waals surface area contributed by atoms with Crippen LogP contribution in [0.15, 0.2) is 24.3 Å². The van der Waals surface area contributed by atoms with E-state index in [1.165, 1.54) is 0 Å². The highest BCUT2D eigenvalue weighted by molar-refractivity contribution is 5.93. The van der Waals surface area contributed by atoms with Gasteiger partial charge in [0.05, 0.1) is 5.92 Å². The number of hydrogen-bond acceptors (Lipinski definition) is 2. The van der Waals surface area contributed by atoms with E-state index in [-0.39, 0.29) is 17.7 Å². The molecular weight excluding hydrogens is 276 g/mol. The number of hydrogen-bond donors (Lipinski definition) is 1. The molecule has 0 spiro atoms. The van der Waals surface area contributed by atoms with Gasteiger partial charge in [0.2, 0.25) is 11.8 Å². The molecule has 120 valence electrons. The van der Waals surface area contributed by atoms with Gasteiger partial charge in [0.15, 0.2) is 0 Å². The van der Waals surface area contributed by atoms with Crippen LogP contribution in [-0.4, -0.2) is 29.8 Å². The minimum Gasteiger partial charge on any atom is -0.341 e. The number of aryl methyl sites for hydroxylation is 1. The highest BCUT2D eigenvalue weighted by atomic mass is 16.2. The lowest BCUT2D eigenvalue weighted by atomic mass is 9.91. The largest absolute Gasteiger partial charge is 0.341 e. The summed E-state index contributed by atoms with van der Waals surface area (Å²) in [4.78, 5) is 26.6. The Morgan fingerprint density at radius 2 is 1.82 bits per heavy atom. The summed E-state index contributed by atoms with van der Waals surface area (Å²) in [5.41, 5.74) is 1.59. The van der Waals surface area contributed by atoms with Crippen LogP contribution in [-0.2, 0) is 9.59 Å². The molecule has 1 aliphatic rings. The highest BCUT2D eigenvalue weighted by Gasteiger charge is 2.33. The summed E-state index contributed by atoms with van der Waals surface area (Å²) in [7, 11) is 0. The molecule has 0 bridgehead atoms. The molecule has 1 saturated heterocycles. The van der Waals surface area contributed by atoms with E-state index >= 15 is 0 Å². The van der Waals surface area contributed by atoms with Gasteiger partial charge < -0.3 is 10.2 Å². The molecule has 0 saturated carbocycles. The SMILES string of the molecule is Cc1ccc(NC(=O)[C@@H]2CCCN(C(=O)C(C)(C)C)C2)cc1. The molecule has 1 aliphatic heterocycles. The van der Waals surface area contributed by atoms with Crippen LogP contribution in [0.4, 0.5) is 5.69 Å². The van der Waals surface area contributed by atoms with Gasteiger partial charge >= 0.3 is 0 Å². The third-order valence-corrected chi connectivity index (χ3v) is 4.04. The zero-order valence-electron chi connectivity index (χ0n) is 14.0. The molecule has 1 heterocycles. The molecule has 0 unspecified atom stereocenters. The molecule has 22 heavy (non-hydrogen) atoms. The standard InChI is InChI=1S/C18H26N2O2/c1-13-7-9-15(10-8-13)19-16(21)14-6-5-11-20(12-14)17(22)18(2,3)4/h7-10,14H,5-6,11-12H2,1-4H3,(H,19,21)/t14-/m1/s1. The Labute approximate surface area is 132 Å². The lowest BCUT2D eigenvalue weighted by Gasteiger charge is -2.35. The van der Waals surface area contributed by atoms with Gasteiger partial charge in [-0.2, -0.15) is 0 Å². The Morgan fingerprint density at radius 1 is 1.18 bits per heavy atom. The fourth-order valence-corrected chi connectivity index (χ4v) is 2.73. The maximum absolute atomic E-state index is 12.4. The third kappa shape index (κ3) is 4.09. The number of piperidine rings is 1. The van der Waals surface area contributed by atoms with E-state index in [2.05, 4.69) is 5.32 Å². The predicted molar refractivity (Wildman–Crippen MR) is 88.6 cm³/mol. The summed E-state index contributed by atoms with van der Waals surface area (Å²) in [6, 6.07) is 7.78. The first-order valence-electron chi connectivity index (χ1n) is 7.94. The van der Waals surface area contributed by atoms with Crippen molar-refractivity contribution in [1.82, 2.24) is 4.90 Å². The molecule has 1 N–H and O–H groups in total. The van der Waals surface area contributed by atoms with Crippen LogP contribution < -0.4 is 5.32 Å². The number of rotatable bonds is 2. The Bertz CT molecular complexity index is 543. The van der Waals surface area contributed by atoms with Crippen molar-refractivity contribution < 1.29 is 9.59 Å². The number of benzene rings is 1. The van der Waals surface area contributed by atoms with Gasteiger partial charge in [-0.15, -0.1) is 0 Å². The van der Waals surface area contributed by atoms with E-state index in [1.54, 1.807) is 0 Å². The second-order valence-electron chi connectivity index (χ2n) is 7.20. The van der Waals surface area contributed by atoms with Crippen molar-refractivity contribution in [2.24, 2.45) is 11.3 Å². The first kappa shape index (κ1) is 16.5. The van der Waals surface area contributed by atoms with Crippen molar-refractivity contribution >= 4 is 17.5 Å². The van der Waals surface area contributed by atoms with Gasteiger partial charge in [0.25, 0.3) is 0 Å². The summed E-state index contributed by atoms with van der Waals surface area (Å²) in [5, 5.41) is 2.96. The smallest absolute Gasteiger partial charge is 0.229 e. The molecule has 1 fully saturated rings. The average molecular weight is 302 g/mol. The van der Waals surface area contributed by atoms with Crippen molar-refractivity contribution in [3.63, 3.8) is 0 Å². The van der Waals surface area contributed by atoms with Crippen LogP contribution in [0, 0.1) is 18.3 Å². The van der Waals surface area contributed by atoms with Gasteiger partial charge in [0.1, 0.15) is 0 Å². The number of likely N-dealkylation sites (tertiary alicyclic amines) is 1. The van der Waals surface area contributed by atoms with Crippen molar-refractivity contribution in [2.75, 3.05) is 18.4 Å². The first-order valence-corrected chi connectivity index (χ1v) is 7.94. The summed E-state index contributed by atoms with van der Waals surface area (Å²) >= 11 is 0. The maximum atomic E-state index is 12.4. The molecule has 2 amide bonds. The molecule has 1 aromatic carbocycles. The van der Waals surface area contributed by atoms with Gasteiger partial charge in [-0.25, -0.2) is 0 Å². The van der Waals surface area contributed by atoms with Crippen LogP contribution in [0.3, 0.4) is 0 Å². The zero-order chi connectivity index (χ0) is 16.3. The van der Waals surface area contributed by atoms with Crippen LogP contribution in [0.2, 0.25) is 0 Å². The van der Waals surface area contributed by atoms with E-state index in [0.29, 0.717) is 6.54 Å². The minimum atomic E-state index is -0.394. The topological polar surface area (TPSA) is 49.4 Å². The molecule has 0 aliphatic carbocycles. The number of carbonyl (C=O) groups is 2. The van der Waals surface area contributed by atoms with E-state index in [9.17, 15) is 9.59 Å². The molecule has 1 atom stereocenters. The summed E-state index contributed by atoms with van der Waals surface area (Å²) in [6.45, 7) is 9.06. The van der Waals surface area contributed by atoms with E-state index in [4.69, 9.17) is 0 Å². The van der Waals surface area contributed by atoms with Crippen LogP contribution >= 0.6 is 0 Å². The summed E-state index contributed by atoms with van der Waals surface area (Å²) < 4.78 is 0. The number of nitrogens with one attached hydrogen (secondary N) is 1. The van der Waals surface area contributed by atoms with Crippen molar-refractivity contribution in [1.29, 1.82) is 0 Å². The molecule has 1 aromatic rings. The first-order chi connectivity index (χ1) is 10.3. The van der Waals surface area contributed by atoms with Crippen molar-refractivity contribution in [2.45, 2.75) is 40.5 Å². The molecule has 0 radical (unpaired) electrons. The van der Waals surface area contributed by atoms with E-state index in [1.807, 2.05) is 56.9 Å². The normalized spacial score (nSPS) is 18.9. The molecule has 2 rings (SSSR count). The Balaban J connectivity index is 1.98. The third-order valence-electron chi connectivity index (χ3n) is 4.04. The molecule has 4 nitrogen and oxygen atoms in total. The monoisotopic (exact) mass is 302 g/mol. The maximum Gasteiger partial charge on any atom is 0.229 e.